The minimum absolute atomic E-state index is 0.0266. The van der Waals surface area contributed by atoms with E-state index in [1.54, 1.807) is 0 Å². The Bertz CT molecular complexity index is 488. The predicted molar refractivity (Wildman–Crippen MR) is 65.8 cm³/mol. The van der Waals surface area contributed by atoms with Crippen LogP contribution in [0.5, 0.6) is 0 Å². The van der Waals surface area contributed by atoms with Crippen LogP contribution < -0.4 is 10.6 Å². The van der Waals surface area contributed by atoms with E-state index >= 15 is 0 Å². The molecule has 0 aliphatic carbocycles. The standard InChI is InChI=1S/C11H10BrF2N3O/c12-7-4-10(9(14)5-8(7)13)17-6-11(18)16-3-1-2-15/h4-5,17H,1,3,6H2,(H,16,18). The van der Waals surface area contributed by atoms with Crippen molar-refractivity contribution >= 4 is 27.5 Å². The molecule has 0 aromatic heterocycles. The van der Waals surface area contributed by atoms with E-state index in [2.05, 4.69) is 26.6 Å². The van der Waals surface area contributed by atoms with Crippen molar-refractivity contribution in [3.63, 3.8) is 0 Å². The summed E-state index contributed by atoms with van der Waals surface area (Å²) < 4.78 is 26.3. The zero-order chi connectivity index (χ0) is 13.5. The molecule has 0 unspecified atom stereocenters. The first-order chi connectivity index (χ1) is 8.54. The SMILES string of the molecule is N#CCCNC(=O)CNc1cc(Br)c(F)cc1F. The Balaban J connectivity index is 2.51. The van der Waals surface area contributed by atoms with Crippen LogP contribution in [-0.2, 0) is 4.79 Å². The summed E-state index contributed by atoms with van der Waals surface area (Å²) in [7, 11) is 0. The van der Waals surface area contributed by atoms with Crippen LogP contribution in [0.2, 0.25) is 0 Å². The second-order valence-electron chi connectivity index (χ2n) is 3.36. The second-order valence-corrected chi connectivity index (χ2v) is 4.21. The number of nitrogens with zero attached hydrogens (tertiary/aromatic N) is 1. The second kappa shape index (κ2) is 6.91. The molecule has 0 spiro atoms. The van der Waals surface area contributed by atoms with Gasteiger partial charge in [-0.3, -0.25) is 4.79 Å². The molecule has 1 rings (SSSR count). The van der Waals surface area contributed by atoms with Gasteiger partial charge in [-0.2, -0.15) is 5.26 Å². The largest absolute Gasteiger partial charge is 0.374 e. The van der Waals surface area contributed by atoms with Crippen molar-refractivity contribution in [1.29, 1.82) is 5.26 Å². The number of halogens is 3. The fourth-order valence-electron chi connectivity index (χ4n) is 1.15. The predicted octanol–water partition coefficient (Wildman–Crippen LogP) is 2.17. The van der Waals surface area contributed by atoms with E-state index in [-0.39, 0.29) is 35.6 Å². The summed E-state index contributed by atoms with van der Waals surface area (Å²) in [5, 5.41) is 13.3. The highest BCUT2D eigenvalue weighted by atomic mass is 79.9. The van der Waals surface area contributed by atoms with Crippen LogP contribution in [0.4, 0.5) is 14.5 Å². The molecule has 0 radical (unpaired) electrons. The Kier molecular flexibility index (Phi) is 5.52. The van der Waals surface area contributed by atoms with Crippen LogP contribution in [0.15, 0.2) is 16.6 Å². The van der Waals surface area contributed by atoms with Gasteiger partial charge >= 0.3 is 0 Å². The summed E-state index contributed by atoms with van der Waals surface area (Å²) in [4.78, 5) is 11.3. The fourth-order valence-corrected chi connectivity index (χ4v) is 1.50. The monoisotopic (exact) mass is 317 g/mol. The van der Waals surface area contributed by atoms with Gasteiger partial charge < -0.3 is 10.6 Å². The zero-order valence-electron chi connectivity index (χ0n) is 9.27. The fraction of sp³-hybridized carbons (Fsp3) is 0.273. The maximum atomic E-state index is 13.3. The number of carbonyl (C=O) groups excluding carboxylic acids is 1. The van der Waals surface area contributed by atoms with Gasteiger partial charge in [0.25, 0.3) is 0 Å². The normalized spacial score (nSPS) is 9.67. The Morgan fingerprint density at radius 3 is 2.78 bits per heavy atom. The maximum absolute atomic E-state index is 13.3. The molecular weight excluding hydrogens is 308 g/mol. The van der Waals surface area contributed by atoms with Crippen molar-refractivity contribution < 1.29 is 13.6 Å². The van der Waals surface area contributed by atoms with Crippen LogP contribution in [0, 0.1) is 23.0 Å². The number of anilines is 1. The Labute approximate surface area is 111 Å². The summed E-state index contributed by atoms with van der Waals surface area (Å²) in [5.74, 6) is -1.86. The Hall–Kier alpha value is -1.68. The molecule has 2 N–H and O–H groups in total. The molecule has 0 fully saturated rings. The molecule has 0 bridgehead atoms. The first-order valence-electron chi connectivity index (χ1n) is 5.06. The van der Waals surface area contributed by atoms with Crippen molar-refractivity contribution in [2.24, 2.45) is 0 Å². The molecule has 1 amide bonds. The van der Waals surface area contributed by atoms with Gasteiger partial charge in [-0.05, 0) is 22.0 Å². The molecular formula is C11H10BrF2N3O. The summed E-state index contributed by atoms with van der Waals surface area (Å²) in [5.41, 5.74) is 0.0266. The highest BCUT2D eigenvalue weighted by Crippen LogP contribution is 2.23. The van der Waals surface area contributed by atoms with E-state index in [0.29, 0.717) is 0 Å². The molecule has 0 aliphatic rings. The van der Waals surface area contributed by atoms with E-state index in [9.17, 15) is 13.6 Å². The third-order valence-electron chi connectivity index (χ3n) is 2.01. The third-order valence-corrected chi connectivity index (χ3v) is 2.62. The van der Waals surface area contributed by atoms with Crippen molar-refractivity contribution in [2.75, 3.05) is 18.4 Å². The number of carbonyl (C=O) groups is 1. The van der Waals surface area contributed by atoms with E-state index in [4.69, 9.17) is 5.26 Å². The maximum Gasteiger partial charge on any atom is 0.239 e. The van der Waals surface area contributed by atoms with Gasteiger partial charge in [-0.1, -0.05) is 0 Å². The summed E-state index contributed by atoms with van der Waals surface area (Å²) in [6, 6.07) is 3.81. The molecule has 1 aromatic rings. The molecule has 1 aromatic carbocycles. The van der Waals surface area contributed by atoms with Crippen molar-refractivity contribution in [3.8, 4) is 6.07 Å². The molecule has 0 heterocycles. The van der Waals surface area contributed by atoms with Crippen LogP contribution in [0.1, 0.15) is 6.42 Å². The summed E-state index contributed by atoms with van der Waals surface area (Å²) in [6.07, 6.45) is 0.211. The van der Waals surface area contributed by atoms with Gasteiger partial charge in [0, 0.05) is 12.6 Å². The minimum atomic E-state index is -0.777. The van der Waals surface area contributed by atoms with Gasteiger partial charge in [-0.25, -0.2) is 8.78 Å². The summed E-state index contributed by atoms with van der Waals surface area (Å²) >= 11 is 2.92. The van der Waals surface area contributed by atoms with Crippen LogP contribution in [0.25, 0.3) is 0 Å². The van der Waals surface area contributed by atoms with Crippen molar-refractivity contribution in [2.45, 2.75) is 6.42 Å². The van der Waals surface area contributed by atoms with Gasteiger partial charge in [0.1, 0.15) is 11.6 Å². The lowest BCUT2D eigenvalue weighted by molar-refractivity contribution is -0.119. The van der Waals surface area contributed by atoms with Crippen LogP contribution in [-0.4, -0.2) is 19.0 Å². The molecule has 0 saturated heterocycles. The first-order valence-corrected chi connectivity index (χ1v) is 5.86. The van der Waals surface area contributed by atoms with Crippen molar-refractivity contribution in [3.05, 3.63) is 28.2 Å². The summed E-state index contributed by atoms with van der Waals surface area (Å²) in [6.45, 7) is 0.0903. The quantitative estimate of drug-likeness (QED) is 0.646. The topological polar surface area (TPSA) is 64.9 Å². The molecule has 0 saturated carbocycles. The lowest BCUT2D eigenvalue weighted by Gasteiger charge is -2.08. The number of nitriles is 1. The van der Waals surface area contributed by atoms with Gasteiger partial charge in [0.15, 0.2) is 0 Å². The molecule has 0 atom stereocenters. The number of hydrogen-bond donors (Lipinski definition) is 2. The molecule has 0 aliphatic heterocycles. The number of amides is 1. The minimum Gasteiger partial charge on any atom is -0.374 e. The van der Waals surface area contributed by atoms with E-state index < -0.39 is 11.6 Å². The van der Waals surface area contributed by atoms with Crippen LogP contribution >= 0.6 is 15.9 Å². The average molecular weight is 318 g/mol. The highest BCUT2D eigenvalue weighted by Gasteiger charge is 2.09. The lowest BCUT2D eigenvalue weighted by atomic mass is 10.3. The number of nitrogens with one attached hydrogen (secondary N) is 2. The molecule has 18 heavy (non-hydrogen) atoms. The van der Waals surface area contributed by atoms with Gasteiger partial charge in [0.05, 0.1) is 29.2 Å². The van der Waals surface area contributed by atoms with Crippen molar-refractivity contribution in [1.82, 2.24) is 5.32 Å². The Morgan fingerprint density at radius 1 is 1.39 bits per heavy atom. The van der Waals surface area contributed by atoms with E-state index in [1.165, 1.54) is 6.07 Å². The smallest absolute Gasteiger partial charge is 0.239 e. The lowest BCUT2D eigenvalue weighted by Crippen LogP contribution is -2.30. The van der Waals surface area contributed by atoms with Gasteiger partial charge in [0.2, 0.25) is 5.91 Å². The average Bonchev–Trinajstić information content (AvgIpc) is 2.32. The van der Waals surface area contributed by atoms with Crippen LogP contribution in [0.3, 0.4) is 0 Å². The molecule has 4 nitrogen and oxygen atoms in total. The number of benzene rings is 1. The first kappa shape index (κ1) is 14.4. The number of rotatable bonds is 5. The molecule has 96 valence electrons. The zero-order valence-corrected chi connectivity index (χ0v) is 10.9. The Morgan fingerprint density at radius 2 is 2.11 bits per heavy atom. The molecule has 7 heteroatoms. The number of hydrogen-bond acceptors (Lipinski definition) is 3. The van der Waals surface area contributed by atoms with E-state index in [0.717, 1.165) is 6.07 Å². The van der Waals surface area contributed by atoms with E-state index in [1.807, 2.05) is 6.07 Å². The highest BCUT2D eigenvalue weighted by molar-refractivity contribution is 9.10. The van der Waals surface area contributed by atoms with Gasteiger partial charge in [-0.15, -0.1) is 0 Å². The third kappa shape index (κ3) is 4.30.